The van der Waals surface area contributed by atoms with E-state index in [0.717, 1.165) is 25.7 Å². The molecule has 0 fully saturated rings. The largest absolute Gasteiger partial charge is 0.297 e. The maximum atomic E-state index is 4.30. The zero-order valence-corrected chi connectivity index (χ0v) is 10.1. The summed E-state index contributed by atoms with van der Waals surface area (Å²) < 4.78 is 0. The smallest absolute Gasteiger partial charge is 0.0276 e. The molecule has 0 spiro atoms. The first-order valence-electron chi connectivity index (χ1n) is 5.67. The topological polar surface area (TPSA) is 24.7 Å². The lowest BCUT2D eigenvalue weighted by Crippen LogP contribution is -2.01. The van der Waals surface area contributed by atoms with Gasteiger partial charge in [0.05, 0.1) is 0 Å². The minimum atomic E-state index is 1.09. The van der Waals surface area contributed by atoms with Gasteiger partial charge >= 0.3 is 0 Å². The fourth-order valence-corrected chi connectivity index (χ4v) is 1.58. The molecule has 0 aliphatic heterocycles. The van der Waals surface area contributed by atoms with Gasteiger partial charge in [0.2, 0.25) is 0 Å². The SMILES string of the molecule is CCCC(CCCC(CC)=NC)=NC. The van der Waals surface area contributed by atoms with E-state index in [1.54, 1.807) is 0 Å². The molecule has 2 heteroatoms. The summed E-state index contributed by atoms with van der Waals surface area (Å²) in [7, 11) is 3.79. The summed E-state index contributed by atoms with van der Waals surface area (Å²) in [6, 6.07) is 0. The Morgan fingerprint density at radius 3 is 1.86 bits per heavy atom. The highest BCUT2D eigenvalue weighted by molar-refractivity contribution is 5.86. The van der Waals surface area contributed by atoms with E-state index < -0.39 is 0 Å². The zero-order valence-electron chi connectivity index (χ0n) is 10.1. The number of rotatable bonds is 7. The Labute approximate surface area is 88.5 Å². The molecule has 0 aliphatic rings. The summed E-state index contributed by atoms with van der Waals surface area (Å²) in [6.45, 7) is 4.37. The molecule has 0 aromatic rings. The lowest BCUT2D eigenvalue weighted by Gasteiger charge is -2.05. The third-order valence-corrected chi connectivity index (χ3v) is 2.51. The van der Waals surface area contributed by atoms with E-state index in [0.29, 0.717) is 0 Å². The molecule has 82 valence electrons. The molecule has 0 amide bonds. The molecule has 0 aromatic carbocycles. The molecule has 2 nitrogen and oxygen atoms in total. The van der Waals surface area contributed by atoms with Crippen molar-refractivity contribution >= 4 is 11.4 Å². The maximum absolute atomic E-state index is 4.30. The van der Waals surface area contributed by atoms with Crippen LogP contribution in [0.3, 0.4) is 0 Å². The highest BCUT2D eigenvalue weighted by Gasteiger charge is 1.99. The second-order valence-electron chi connectivity index (χ2n) is 3.54. The molecule has 14 heavy (non-hydrogen) atoms. The molecular weight excluding hydrogens is 172 g/mol. The van der Waals surface area contributed by atoms with Crippen molar-refractivity contribution < 1.29 is 0 Å². The van der Waals surface area contributed by atoms with Crippen LogP contribution in [-0.2, 0) is 0 Å². The first kappa shape index (κ1) is 13.3. The summed E-state index contributed by atoms with van der Waals surface area (Å²) in [5.74, 6) is 0. The van der Waals surface area contributed by atoms with E-state index in [-0.39, 0.29) is 0 Å². The fourth-order valence-electron chi connectivity index (χ4n) is 1.58. The molecule has 0 atom stereocenters. The summed E-state index contributed by atoms with van der Waals surface area (Å²) in [5.41, 5.74) is 2.69. The lowest BCUT2D eigenvalue weighted by molar-refractivity contribution is 0.865. The van der Waals surface area contributed by atoms with Crippen molar-refractivity contribution in [3.05, 3.63) is 0 Å². The average Bonchev–Trinajstić information content (AvgIpc) is 2.23. The molecule has 0 aliphatic carbocycles. The fraction of sp³-hybridized carbons (Fsp3) is 0.833. The van der Waals surface area contributed by atoms with Crippen LogP contribution in [0.2, 0.25) is 0 Å². The van der Waals surface area contributed by atoms with E-state index in [2.05, 4.69) is 23.8 Å². The van der Waals surface area contributed by atoms with Crippen molar-refractivity contribution in [2.75, 3.05) is 14.1 Å². The van der Waals surface area contributed by atoms with Gasteiger partial charge in [-0.1, -0.05) is 20.3 Å². The van der Waals surface area contributed by atoms with E-state index in [4.69, 9.17) is 0 Å². The van der Waals surface area contributed by atoms with Crippen molar-refractivity contribution in [1.82, 2.24) is 0 Å². The minimum Gasteiger partial charge on any atom is -0.297 e. The molecular formula is C12H24N2. The lowest BCUT2D eigenvalue weighted by atomic mass is 10.1. The Morgan fingerprint density at radius 2 is 1.43 bits per heavy atom. The van der Waals surface area contributed by atoms with Crippen molar-refractivity contribution in [1.29, 1.82) is 0 Å². The quantitative estimate of drug-likeness (QED) is 0.557. The van der Waals surface area contributed by atoms with Gasteiger partial charge in [0.15, 0.2) is 0 Å². The Hall–Kier alpha value is -0.660. The van der Waals surface area contributed by atoms with Crippen LogP contribution in [0.25, 0.3) is 0 Å². The first-order chi connectivity index (χ1) is 6.78. The molecule has 0 N–H and O–H groups in total. The van der Waals surface area contributed by atoms with Gasteiger partial charge in [-0.15, -0.1) is 0 Å². The van der Waals surface area contributed by atoms with Gasteiger partial charge in [-0.25, -0.2) is 0 Å². The summed E-state index contributed by atoms with van der Waals surface area (Å²) >= 11 is 0. The van der Waals surface area contributed by atoms with Gasteiger partial charge in [-0.3, -0.25) is 9.98 Å². The van der Waals surface area contributed by atoms with E-state index >= 15 is 0 Å². The number of aliphatic imine (C=N–C) groups is 2. The molecule has 0 rings (SSSR count). The maximum Gasteiger partial charge on any atom is 0.0276 e. The Bertz CT molecular complexity index is 192. The molecule has 0 radical (unpaired) electrons. The zero-order chi connectivity index (χ0) is 10.8. The second-order valence-corrected chi connectivity index (χ2v) is 3.54. The van der Waals surface area contributed by atoms with Gasteiger partial charge in [-0.05, 0) is 32.1 Å². The van der Waals surface area contributed by atoms with Crippen molar-refractivity contribution in [2.45, 2.75) is 52.4 Å². The number of hydrogen-bond donors (Lipinski definition) is 0. The minimum absolute atomic E-state index is 1.09. The van der Waals surface area contributed by atoms with Crippen LogP contribution in [-0.4, -0.2) is 25.5 Å². The molecule has 0 aromatic heterocycles. The van der Waals surface area contributed by atoms with Crippen LogP contribution in [0.5, 0.6) is 0 Å². The highest BCUT2D eigenvalue weighted by Crippen LogP contribution is 2.05. The van der Waals surface area contributed by atoms with E-state index in [9.17, 15) is 0 Å². The Morgan fingerprint density at radius 1 is 0.857 bits per heavy atom. The van der Waals surface area contributed by atoms with Gasteiger partial charge in [0.1, 0.15) is 0 Å². The van der Waals surface area contributed by atoms with Crippen LogP contribution in [0, 0.1) is 0 Å². The van der Waals surface area contributed by atoms with Gasteiger partial charge in [0, 0.05) is 25.5 Å². The predicted octanol–water partition coefficient (Wildman–Crippen LogP) is 3.51. The van der Waals surface area contributed by atoms with E-state index in [1.807, 2.05) is 14.1 Å². The van der Waals surface area contributed by atoms with Crippen LogP contribution in [0.1, 0.15) is 52.4 Å². The van der Waals surface area contributed by atoms with Gasteiger partial charge in [0.25, 0.3) is 0 Å². The number of hydrogen-bond acceptors (Lipinski definition) is 2. The standard InChI is InChI=1S/C12H24N2/c1-5-8-12(14-4)10-7-9-11(6-2)13-3/h5-10H2,1-4H3. The molecule has 0 heterocycles. The van der Waals surface area contributed by atoms with Crippen LogP contribution < -0.4 is 0 Å². The Kier molecular flexibility index (Phi) is 8.50. The Balaban J connectivity index is 3.71. The van der Waals surface area contributed by atoms with E-state index in [1.165, 1.54) is 24.3 Å². The normalized spacial score (nSPS) is 13.4. The molecule has 0 saturated heterocycles. The van der Waals surface area contributed by atoms with Crippen LogP contribution in [0.4, 0.5) is 0 Å². The summed E-state index contributed by atoms with van der Waals surface area (Å²) in [4.78, 5) is 8.56. The predicted molar refractivity (Wildman–Crippen MR) is 65.8 cm³/mol. The van der Waals surface area contributed by atoms with Crippen LogP contribution in [0.15, 0.2) is 9.98 Å². The molecule has 0 unspecified atom stereocenters. The monoisotopic (exact) mass is 196 g/mol. The summed E-state index contributed by atoms with van der Waals surface area (Å²) in [5, 5.41) is 0. The second kappa shape index (κ2) is 8.92. The first-order valence-corrected chi connectivity index (χ1v) is 5.67. The third kappa shape index (κ3) is 5.90. The summed E-state index contributed by atoms with van der Waals surface area (Å²) in [6.07, 6.45) is 6.92. The van der Waals surface area contributed by atoms with Crippen molar-refractivity contribution in [3.8, 4) is 0 Å². The van der Waals surface area contributed by atoms with Crippen molar-refractivity contribution in [3.63, 3.8) is 0 Å². The highest BCUT2D eigenvalue weighted by atomic mass is 14.7. The molecule has 0 saturated carbocycles. The average molecular weight is 196 g/mol. The third-order valence-electron chi connectivity index (χ3n) is 2.51. The van der Waals surface area contributed by atoms with Crippen molar-refractivity contribution in [2.24, 2.45) is 9.98 Å². The molecule has 0 bridgehead atoms. The number of nitrogens with zero attached hydrogens (tertiary/aromatic N) is 2. The van der Waals surface area contributed by atoms with Crippen LogP contribution >= 0.6 is 0 Å². The van der Waals surface area contributed by atoms with Gasteiger partial charge < -0.3 is 0 Å². The van der Waals surface area contributed by atoms with Gasteiger partial charge in [-0.2, -0.15) is 0 Å².